The second-order valence-electron chi connectivity index (χ2n) is 3.11. The lowest BCUT2D eigenvalue weighted by molar-refractivity contribution is -0.384. The number of alkyl halides is 3. The van der Waals surface area contributed by atoms with Gasteiger partial charge in [0.15, 0.2) is 0 Å². The van der Waals surface area contributed by atoms with Crippen molar-refractivity contribution in [1.29, 1.82) is 0 Å². The summed E-state index contributed by atoms with van der Waals surface area (Å²) in [5.41, 5.74) is -1.76. The minimum Gasteiger partial charge on any atom is -0.392 e. The highest BCUT2D eigenvalue weighted by molar-refractivity contribution is 5.58. The lowest BCUT2D eigenvalue weighted by atomic mass is 10.1. The van der Waals surface area contributed by atoms with Gasteiger partial charge in [-0.25, -0.2) is 0 Å². The summed E-state index contributed by atoms with van der Waals surface area (Å²) >= 11 is 0. The molecule has 0 aliphatic heterocycles. The predicted molar refractivity (Wildman–Crippen MR) is 54.2 cm³/mol. The highest BCUT2D eigenvalue weighted by atomic mass is 19.4. The molecule has 1 N–H and O–H groups in total. The molecule has 0 heterocycles. The van der Waals surface area contributed by atoms with Crippen LogP contribution in [0.4, 0.5) is 18.9 Å². The van der Waals surface area contributed by atoms with Crippen LogP contribution in [0.25, 0.3) is 6.08 Å². The average molecular weight is 247 g/mol. The van der Waals surface area contributed by atoms with Crippen LogP contribution in [0.1, 0.15) is 11.1 Å². The number of nitrogens with zero attached hydrogens (tertiary/aromatic N) is 1. The molecule has 0 aliphatic carbocycles. The molecule has 0 saturated heterocycles. The minimum atomic E-state index is -4.59. The van der Waals surface area contributed by atoms with Crippen molar-refractivity contribution in [2.24, 2.45) is 0 Å². The SMILES string of the molecule is O=[N+]([O-])c1ccc(C(F)(F)F)c(C=CCO)c1. The molecule has 1 aromatic rings. The summed E-state index contributed by atoms with van der Waals surface area (Å²) in [6.07, 6.45) is -2.52. The highest BCUT2D eigenvalue weighted by Crippen LogP contribution is 2.34. The molecule has 7 heteroatoms. The van der Waals surface area contributed by atoms with Crippen LogP contribution in [0, 0.1) is 10.1 Å². The highest BCUT2D eigenvalue weighted by Gasteiger charge is 2.33. The van der Waals surface area contributed by atoms with Crippen LogP contribution in [0.2, 0.25) is 0 Å². The third-order valence-electron chi connectivity index (χ3n) is 1.95. The third kappa shape index (κ3) is 3.28. The Labute approximate surface area is 94.1 Å². The Bertz CT molecular complexity index is 455. The zero-order chi connectivity index (χ0) is 13.1. The minimum absolute atomic E-state index is 0.347. The number of nitro benzene ring substituents is 1. The number of hydrogen-bond acceptors (Lipinski definition) is 3. The molecule has 0 spiro atoms. The van der Waals surface area contributed by atoms with Gasteiger partial charge in [0.25, 0.3) is 5.69 Å². The number of non-ortho nitro benzene ring substituents is 1. The van der Waals surface area contributed by atoms with Gasteiger partial charge in [-0.1, -0.05) is 12.2 Å². The first kappa shape index (κ1) is 13.2. The van der Waals surface area contributed by atoms with E-state index in [0.717, 1.165) is 24.3 Å². The monoisotopic (exact) mass is 247 g/mol. The third-order valence-corrected chi connectivity index (χ3v) is 1.95. The summed E-state index contributed by atoms with van der Waals surface area (Å²) in [5, 5.41) is 18.9. The maximum Gasteiger partial charge on any atom is 0.416 e. The molecule has 1 rings (SSSR count). The Morgan fingerprint density at radius 1 is 1.41 bits per heavy atom. The zero-order valence-corrected chi connectivity index (χ0v) is 8.44. The fraction of sp³-hybridized carbons (Fsp3) is 0.200. The fourth-order valence-electron chi connectivity index (χ4n) is 1.24. The molecule has 4 nitrogen and oxygen atoms in total. The summed E-state index contributed by atoms with van der Waals surface area (Å²) in [4.78, 5) is 9.66. The summed E-state index contributed by atoms with van der Waals surface area (Å²) in [5.74, 6) is 0. The lowest BCUT2D eigenvalue weighted by Crippen LogP contribution is -2.07. The van der Waals surface area contributed by atoms with E-state index in [-0.39, 0.29) is 5.56 Å². The van der Waals surface area contributed by atoms with Crippen molar-refractivity contribution in [2.75, 3.05) is 6.61 Å². The molecule has 0 atom stereocenters. The van der Waals surface area contributed by atoms with Gasteiger partial charge in [0, 0.05) is 12.1 Å². The van der Waals surface area contributed by atoms with E-state index in [1.165, 1.54) is 0 Å². The van der Waals surface area contributed by atoms with Crippen molar-refractivity contribution in [1.82, 2.24) is 0 Å². The molecule has 0 unspecified atom stereocenters. The first-order valence-corrected chi connectivity index (χ1v) is 4.49. The van der Waals surface area contributed by atoms with E-state index in [2.05, 4.69) is 0 Å². The number of halogens is 3. The Balaban J connectivity index is 3.31. The summed E-state index contributed by atoms with van der Waals surface area (Å²) in [6, 6.07) is 2.25. The molecular weight excluding hydrogens is 239 g/mol. The van der Waals surface area contributed by atoms with Crippen molar-refractivity contribution < 1.29 is 23.2 Å². The van der Waals surface area contributed by atoms with Gasteiger partial charge in [0.05, 0.1) is 17.1 Å². The van der Waals surface area contributed by atoms with Gasteiger partial charge < -0.3 is 5.11 Å². The zero-order valence-electron chi connectivity index (χ0n) is 8.44. The summed E-state index contributed by atoms with van der Waals surface area (Å²) < 4.78 is 37.6. The quantitative estimate of drug-likeness (QED) is 0.659. The van der Waals surface area contributed by atoms with E-state index >= 15 is 0 Å². The molecule has 92 valence electrons. The van der Waals surface area contributed by atoms with Gasteiger partial charge >= 0.3 is 6.18 Å². The van der Waals surface area contributed by atoms with Crippen LogP contribution in [-0.2, 0) is 6.18 Å². The number of rotatable bonds is 3. The van der Waals surface area contributed by atoms with Crippen molar-refractivity contribution in [3.05, 3.63) is 45.5 Å². The molecule has 0 aromatic heterocycles. The van der Waals surface area contributed by atoms with Gasteiger partial charge in [0.1, 0.15) is 0 Å². The van der Waals surface area contributed by atoms with Gasteiger partial charge in [0.2, 0.25) is 0 Å². The van der Waals surface area contributed by atoms with E-state index in [0.29, 0.717) is 6.07 Å². The molecule has 0 radical (unpaired) electrons. The van der Waals surface area contributed by atoms with Crippen molar-refractivity contribution in [3.63, 3.8) is 0 Å². The van der Waals surface area contributed by atoms with Crippen molar-refractivity contribution in [2.45, 2.75) is 6.18 Å². The molecule has 0 aliphatic rings. The van der Waals surface area contributed by atoms with E-state index in [1.54, 1.807) is 0 Å². The molecule has 1 aromatic carbocycles. The largest absolute Gasteiger partial charge is 0.416 e. The van der Waals surface area contributed by atoms with Gasteiger partial charge in [-0.2, -0.15) is 13.2 Å². The van der Waals surface area contributed by atoms with Crippen LogP contribution in [-0.4, -0.2) is 16.6 Å². The summed E-state index contributed by atoms with van der Waals surface area (Å²) in [6.45, 7) is -0.444. The van der Waals surface area contributed by atoms with E-state index < -0.39 is 29.0 Å². The van der Waals surface area contributed by atoms with Crippen LogP contribution in [0.15, 0.2) is 24.3 Å². The number of benzene rings is 1. The predicted octanol–water partition coefficient (Wildman–Crippen LogP) is 2.62. The van der Waals surface area contributed by atoms with E-state index in [1.807, 2.05) is 0 Å². The molecule has 0 amide bonds. The smallest absolute Gasteiger partial charge is 0.392 e. The van der Waals surface area contributed by atoms with Crippen molar-refractivity contribution in [3.8, 4) is 0 Å². The number of nitro groups is 1. The number of aliphatic hydroxyl groups is 1. The maximum atomic E-state index is 12.5. The van der Waals surface area contributed by atoms with Gasteiger partial charge in [-0.3, -0.25) is 10.1 Å². The second-order valence-corrected chi connectivity index (χ2v) is 3.11. The van der Waals surface area contributed by atoms with Crippen LogP contribution < -0.4 is 0 Å². The molecule has 0 saturated carbocycles. The molecule has 17 heavy (non-hydrogen) atoms. The Morgan fingerprint density at radius 2 is 2.06 bits per heavy atom. The number of hydrogen-bond donors (Lipinski definition) is 1. The first-order chi connectivity index (χ1) is 7.86. The van der Waals surface area contributed by atoms with Gasteiger partial charge in [-0.05, 0) is 11.6 Å². The normalized spacial score (nSPS) is 12.0. The van der Waals surface area contributed by atoms with Crippen LogP contribution >= 0.6 is 0 Å². The van der Waals surface area contributed by atoms with Crippen LogP contribution in [0.3, 0.4) is 0 Å². The van der Waals surface area contributed by atoms with Crippen LogP contribution in [0.5, 0.6) is 0 Å². The first-order valence-electron chi connectivity index (χ1n) is 4.49. The topological polar surface area (TPSA) is 63.4 Å². The van der Waals surface area contributed by atoms with Gasteiger partial charge in [-0.15, -0.1) is 0 Å². The molecule has 0 fully saturated rings. The standard InChI is InChI=1S/C10H8F3NO3/c11-10(12,13)9-4-3-8(14(16)17)6-7(9)2-1-5-15/h1-4,6,15H,5H2. The summed E-state index contributed by atoms with van der Waals surface area (Å²) in [7, 11) is 0. The Morgan fingerprint density at radius 3 is 2.53 bits per heavy atom. The molecule has 0 bridgehead atoms. The fourth-order valence-corrected chi connectivity index (χ4v) is 1.24. The maximum absolute atomic E-state index is 12.5. The molecular formula is C10H8F3NO3. The number of aliphatic hydroxyl groups excluding tert-OH is 1. The second kappa shape index (κ2) is 4.96. The van der Waals surface area contributed by atoms with E-state index in [4.69, 9.17) is 5.11 Å². The Kier molecular flexibility index (Phi) is 3.84. The van der Waals surface area contributed by atoms with E-state index in [9.17, 15) is 23.3 Å². The lowest BCUT2D eigenvalue weighted by Gasteiger charge is -2.09. The average Bonchev–Trinajstić information content (AvgIpc) is 2.24. The van der Waals surface area contributed by atoms with Crippen molar-refractivity contribution >= 4 is 11.8 Å². The Hall–Kier alpha value is -1.89.